The van der Waals surface area contributed by atoms with Crippen molar-refractivity contribution in [2.24, 2.45) is 0 Å². The average molecular weight is 344 g/mol. The normalized spacial score (nSPS) is 11.2. The van der Waals surface area contributed by atoms with Gasteiger partial charge in [0.05, 0.1) is 0 Å². The van der Waals surface area contributed by atoms with Crippen LogP contribution in [0.4, 0.5) is 14.9 Å². The van der Waals surface area contributed by atoms with Crippen LogP contribution in [-0.2, 0) is 17.8 Å². The molecule has 0 bridgehead atoms. The van der Waals surface area contributed by atoms with Crippen LogP contribution in [0.15, 0.2) is 48.5 Å². The van der Waals surface area contributed by atoms with Crippen LogP contribution in [-0.4, -0.2) is 23.1 Å². The van der Waals surface area contributed by atoms with E-state index in [1.54, 1.807) is 17.0 Å². The number of hydrogen-bond donors (Lipinski definition) is 1. The Labute approximate surface area is 148 Å². The molecule has 0 spiro atoms. The minimum absolute atomic E-state index is 0.115. The first-order chi connectivity index (χ1) is 11.8. The molecule has 0 atom stereocenters. The van der Waals surface area contributed by atoms with Crippen LogP contribution in [0.1, 0.15) is 31.9 Å². The maximum absolute atomic E-state index is 12.9. The summed E-state index contributed by atoms with van der Waals surface area (Å²) in [6.45, 7) is 6.53. The number of carbonyl (C=O) groups excluding carboxylic acids is 1. The van der Waals surface area contributed by atoms with Gasteiger partial charge in [0.15, 0.2) is 0 Å². The number of rotatable bonds is 5. The summed E-state index contributed by atoms with van der Waals surface area (Å²) in [6, 6.07) is 13.6. The van der Waals surface area contributed by atoms with E-state index in [9.17, 15) is 9.18 Å². The number of nitrogens with zero attached hydrogens (tertiary/aromatic N) is 1. The molecule has 0 saturated heterocycles. The second-order valence-corrected chi connectivity index (χ2v) is 7.00. The predicted octanol–water partition coefficient (Wildman–Crippen LogP) is 4.39. The fourth-order valence-corrected chi connectivity index (χ4v) is 2.49. The summed E-state index contributed by atoms with van der Waals surface area (Å²) in [5, 5.41) is 0. The Morgan fingerprint density at radius 2 is 1.80 bits per heavy atom. The number of halogens is 1. The minimum atomic E-state index is -0.388. The molecule has 0 radical (unpaired) electrons. The summed E-state index contributed by atoms with van der Waals surface area (Å²) in [5.41, 5.74) is 7.95. The van der Waals surface area contributed by atoms with Crippen molar-refractivity contribution in [2.75, 3.05) is 12.3 Å². The van der Waals surface area contributed by atoms with Crippen LogP contribution in [0.2, 0.25) is 0 Å². The van der Waals surface area contributed by atoms with E-state index < -0.39 is 0 Å². The molecule has 0 aliphatic carbocycles. The zero-order chi connectivity index (χ0) is 18.4. The van der Waals surface area contributed by atoms with E-state index in [0.717, 1.165) is 11.1 Å². The fourth-order valence-electron chi connectivity index (χ4n) is 2.49. The standard InChI is InChI=1S/C20H25FN2O2/c1-20(2,3)23(12-11-15-5-4-6-18(22)13-15)19(24)25-14-16-7-9-17(21)10-8-16/h4-10,13H,11-12,14,22H2,1-3H3. The van der Waals surface area contributed by atoms with Crippen molar-refractivity contribution in [1.29, 1.82) is 0 Å². The molecule has 2 aromatic rings. The number of carbonyl (C=O) groups is 1. The number of anilines is 1. The van der Waals surface area contributed by atoms with Gasteiger partial charge in [0.2, 0.25) is 0 Å². The van der Waals surface area contributed by atoms with Crippen LogP contribution >= 0.6 is 0 Å². The van der Waals surface area contributed by atoms with Crippen molar-refractivity contribution < 1.29 is 13.9 Å². The number of nitrogens with two attached hydrogens (primary N) is 1. The van der Waals surface area contributed by atoms with Gasteiger partial charge in [-0.2, -0.15) is 0 Å². The summed E-state index contributed by atoms with van der Waals surface area (Å²) < 4.78 is 18.3. The molecule has 5 heteroatoms. The van der Waals surface area contributed by atoms with Gasteiger partial charge in [-0.1, -0.05) is 24.3 Å². The molecular formula is C20H25FN2O2. The van der Waals surface area contributed by atoms with Crippen LogP contribution in [0.25, 0.3) is 0 Å². The Balaban J connectivity index is 1.98. The molecule has 0 aliphatic rings. The van der Waals surface area contributed by atoms with Gasteiger partial charge in [0.1, 0.15) is 12.4 Å². The lowest BCUT2D eigenvalue weighted by Gasteiger charge is -2.34. The third kappa shape index (κ3) is 5.78. The second kappa shape index (κ2) is 8.01. The van der Waals surface area contributed by atoms with E-state index in [2.05, 4.69) is 0 Å². The molecule has 0 unspecified atom stereocenters. The maximum atomic E-state index is 12.9. The van der Waals surface area contributed by atoms with E-state index in [-0.39, 0.29) is 24.1 Å². The molecule has 4 nitrogen and oxygen atoms in total. The van der Waals surface area contributed by atoms with Crippen LogP contribution in [0.3, 0.4) is 0 Å². The van der Waals surface area contributed by atoms with Gasteiger partial charge in [-0.05, 0) is 62.6 Å². The molecule has 0 saturated carbocycles. The number of benzene rings is 2. The van der Waals surface area contributed by atoms with Crippen molar-refractivity contribution in [3.05, 3.63) is 65.5 Å². The molecule has 25 heavy (non-hydrogen) atoms. The Hall–Kier alpha value is -2.56. The third-order valence-electron chi connectivity index (χ3n) is 3.88. The molecule has 2 N–H and O–H groups in total. The van der Waals surface area contributed by atoms with Gasteiger partial charge in [0, 0.05) is 17.8 Å². The summed E-state index contributed by atoms with van der Waals surface area (Å²) in [5.74, 6) is -0.312. The van der Waals surface area contributed by atoms with Gasteiger partial charge < -0.3 is 15.4 Å². The van der Waals surface area contributed by atoms with E-state index >= 15 is 0 Å². The summed E-state index contributed by atoms with van der Waals surface area (Å²) in [4.78, 5) is 14.2. The largest absolute Gasteiger partial charge is 0.445 e. The van der Waals surface area contributed by atoms with Crippen LogP contribution in [0, 0.1) is 5.82 Å². The van der Waals surface area contributed by atoms with Gasteiger partial charge in [-0.3, -0.25) is 0 Å². The molecule has 0 aromatic heterocycles. The lowest BCUT2D eigenvalue weighted by atomic mass is 10.0. The number of ether oxygens (including phenoxy) is 1. The Kier molecular flexibility index (Phi) is 6.02. The SMILES string of the molecule is CC(C)(C)N(CCc1cccc(N)c1)C(=O)OCc1ccc(F)cc1. The number of amides is 1. The second-order valence-electron chi connectivity index (χ2n) is 7.00. The molecule has 2 rings (SSSR count). The first kappa shape index (κ1) is 18.8. The Morgan fingerprint density at radius 1 is 1.12 bits per heavy atom. The zero-order valence-corrected chi connectivity index (χ0v) is 15.0. The van der Waals surface area contributed by atoms with Crippen molar-refractivity contribution in [3.8, 4) is 0 Å². The van der Waals surface area contributed by atoms with E-state index in [0.29, 0.717) is 18.7 Å². The Morgan fingerprint density at radius 3 is 2.40 bits per heavy atom. The predicted molar refractivity (Wildman–Crippen MR) is 97.6 cm³/mol. The van der Waals surface area contributed by atoms with E-state index in [4.69, 9.17) is 10.5 Å². The van der Waals surface area contributed by atoms with Gasteiger partial charge in [-0.15, -0.1) is 0 Å². The fraction of sp³-hybridized carbons (Fsp3) is 0.350. The molecular weight excluding hydrogens is 319 g/mol. The summed E-state index contributed by atoms with van der Waals surface area (Å²) in [6.07, 6.45) is 0.300. The third-order valence-corrected chi connectivity index (χ3v) is 3.88. The van der Waals surface area contributed by atoms with Crippen LogP contribution in [0.5, 0.6) is 0 Å². The highest BCUT2D eigenvalue weighted by Crippen LogP contribution is 2.17. The first-order valence-electron chi connectivity index (χ1n) is 8.29. The van der Waals surface area contributed by atoms with Gasteiger partial charge in [-0.25, -0.2) is 9.18 Å². The van der Waals surface area contributed by atoms with E-state index in [1.165, 1.54) is 12.1 Å². The van der Waals surface area contributed by atoms with Gasteiger partial charge >= 0.3 is 6.09 Å². The lowest BCUT2D eigenvalue weighted by Crippen LogP contribution is -2.46. The molecule has 1 amide bonds. The van der Waals surface area contributed by atoms with Crippen LogP contribution < -0.4 is 5.73 Å². The summed E-state index contributed by atoms with van der Waals surface area (Å²) >= 11 is 0. The highest BCUT2D eigenvalue weighted by Gasteiger charge is 2.27. The quantitative estimate of drug-likeness (QED) is 0.819. The van der Waals surface area contributed by atoms with E-state index in [1.807, 2.05) is 45.0 Å². The Bertz CT molecular complexity index is 708. The zero-order valence-electron chi connectivity index (χ0n) is 15.0. The van der Waals surface area contributed by atoms with Crippen molar-refractivity contribution in [2.45, 2.75) is 39.3 Å². The van der Waals surface area contributed by atoms with Crippen molar-refractivity contribution >= 4 is 11.8 Å². The topological polar surface area (TPSA) is 55.6 Å². The molecule has 0 heterocycles. The molecule has 134 valence electrons. The maximum Gasteiger partial charge on any atom is 0.410 e. The monoisotopic (exact) mass is 344 g/mol. The number of hydrogen-bond acceptors (Lipinski definition) is 3. The lowest BCUT2D eigenvalue weighted by molar-refractivity contribution is 0.0633. The highest BCUT2D eigenvalue weighted by atomic mass is 19.1. The summed E-state index contributed by atoms with van der Waals surface area (Å²) in [7, 11) is 0. The molecule has 2 aromatic carbocycles. The van der Waals surface area contributed by atoms with Crippen molar-refractivity contribution in [1.82, 2.24) is 4.90 Å². The van der Waals surface area contributed by atoms with Crippen molar-refractivity contribution in [3.63, 3.8) is 0 Å². The first-order valence-corrected chi connectivity index (χ1v) is 8.29. The molecule has 0 fully saturated rings. The minimum Gasteiger partial charge on any atom is -0.445 e. The number of nitrogen functional groups attached to an aromatic ring is 1. The molecule has 0 aliphatic heterocycles. The smallest absolute Gasteiger partial charge is 0.410 e. The van der Waals surface area contributed by atoms with Gasteiger partial charge in [0.25, 0.3) is 0 Å². The highest BCUT2D eigenvalue weighted by molar-refractivity contribution is 5.68. The average Bonchev–Trinajstić information content (AvgIpc) is 2.53.